The van der Waals surface area contributed by atoms with E-state index in [2.05, 4.69) is 20.6 Å². The molecule has 2 N–H and O–H groups in total. The molecule has 4 rings (SSSR count). The van der Waals surface area contributed by atoms with Gasteiger partial charge in [0.1, 0.15) is 17.4 Å². The summed E-state index contributed by atoms with van der Waals surface area (Å²) in [6.45, 7) is 1.32. The van der Waals surface area contributed by atoms with Crippen molar-refractivity contribution in [1.82, 2.24) is 20.5 Å². The van der Waals surface area contributed by atoms with Crippen LogP contribution in [0.1, 0.15) is 12.8 Å². The van der Waals surface area contributed by atoms with Crippen LogP contribution < -0.4 is 15.4 Å². The van der Waals surface area contributed by atoms with Crippen LogP contribution in [-0.4, -0.2) is 54.0 Å². The molecule has 0 bridgehead atoms. The van der Waals surface area contributed by atoms with Crippen LogP contribution in [0.15, 0.2) is 28.7 Å². The Hall–Kier alpha value is -2.86. The van der Waals surface area contributed by atoms with Gasteiger partial charge in [-0.2, -0.15) is 5.26 Å². The zero-order valence-corrected chi connectivity index (χ0v) is 15.7. The first-order chi connectivity index (χ1) is 13.2. The first kappa shape index (κ1) is 17.5. The summed E-state index contributed by atoms with van der Waals surface area (Å²) in [5.41, 5.74) is 2.71. The van der Waals surface area contributed by atoms with Gasteiger partial charge >= 0.3 is 0 Å². The van der Waals surface area contributed by atoms with Crippen LogP contribution in [0.4, 0.5) is 0 Å². The van der Waals surface area contributed by atoms with Crippen LogP contribution in [0, 0.1) is 17.4 Å². The van der Waals surface area contributed by atoms with Crippen molar-refractivity contribution in [3.8, 4) is 11.9 Å². The summed E-state index contributed by atoms with van der Waals surface area (Å²) in [5, 5.41) is 14.6. The monoisotopic (exact) mass is 384 g/mol. The second-order valence-electron chi connectivity index (χ2n) is 6.76. The van der Waals surface area contributed by atoms with Gasteiger partial charge in [-0.1, -0.05) is 6.07 Å². The molecule has 2 aromatic rings. The van der Waals surface area contributed by atoms with Crippen LogP contribution >= 0.6 is 11.3 Å². The van der Waals surface area contributed by atoms with Crippen molar-refractivity contribution in [2.24, 2.45) is 10.9 Å². The van der Waals surface area contributed by atoms with Crippen molar-refractivity contribution in [3.63, 3.8) is 0 Å². The standard InChI is InChI=1S/C18H20N6O2S/c1-20-18(21-9-19)24-7-12(8-24)23-17(25)11-5-13(6-11)26-14-3-2-4-15-16(14)22-10-27-15/h2-4,10-13H,5-8H2,1H3,(H,20,21)(H,23,25)/t11-,13-. The molecule has 1 aliphatic heterocycles. The molecule has 0 unspecified atom stereocenters. The van der Waals surface area contributed by atoms with E-state index in [4.69, 9.17) is 10.00 Å². The lowest BCUT2D eigenvalue weighted by Gasteiger charge is -2.42. The minimum atomic E-state index is -0.00441. The Morgan fingerprint density at radius 1 is 1.44 bits per heavy atom. The highest BCUT2D eigenvalue weighted by atomic mass is 32.1. The number of benzene rings is 1. The van der Waals surface area contributed by atoms with E-state index < -0.39 is 0 Å². The summed E-state index contributed by atoms with van der Waals surface area (Å²) < 4.78 is 7.15. The summed E-state index contributed by atoms with van der Waals surface area (Å²) in [6.07, 6.45) is 3.28. The number of guanidine groups is 1. The Balaban J connectivity index is 1.22. The smallest absolute Gasteiger partial charge is 0.223 e. The topological polar surface area (TPSA) is 103 Å². The first-order valence-corrected chi connectivity index (χ1v) is 9.74. The normalized spacial score (nSPS) is 22.5. The number of aromatic nitrogens is 1. The highest BCUT2D eigenvalue weighted by Crippen LogP contribution is 2.35. The Morgan fingerprint density at radius 3 is 3.00 bits per heavy atom. The number of carbonyl (C=O) groups is 1. The number of rotatable bonds is 4. The number of ether oxygens (including phenoxy) is 1. The Kier molecular flexibility index (Phi) is 4.81. The number of hydrogen-bond acceptors (Lipinski definition) is 6. The zero-order valence-electron chi connectivity index (χ0n) is 14.9. The highest BCUT2D eigenvalue weighted by Gasteiger charge is 2.39. The number of nitriles is 1. The fourth-order valence-electron chi connectivity index (χ4n) is 3.40. The minimum absolute atomic E-state index is 0.00441. The van der Waals surface area contributed by atoms with E-state index in [1.54, 1.807) is 24.6 Å². The highest BCUT2D eigenvalue weighted by molar-refractivity contribution is 7.16. The van der Waals surface area contributed by atoms with Gasteiger partial charge in [0.25, 0.3) is 0 Å². The minimum Gasteiger partial charge on any atom is -0.488 e. The molecule has 1 aromatic heterocycles. The molecule has 0 spiro atoms. The largest absolute Gasteiger partial charge is 0.488 e. The summed E-state index contributed by atoms with van der Waals surface area (Å²) in [6, 6.07) is 6.02. The van der Waals surface area contributed by atoms with Gasteiger partial charge in [0.2, 0.25) is 18.1 Å². The van der Waals surface area contributed by atoms with Gasteiger partial charge in [-0.05, 0) is 25.0 Å². The zero-order chi connectivity index (χ0) is 18.8. The molecule has 1 saturated heterocycles. The first-order valence-electron chi connectivity index (χ1n) is 8.86. The quantitative estimate of drug-likeness (QED) is 0.468. The molecule has 8 nitrogen and oxygen atoms in total. The van der Waals surface area contributed by atoms with Crippen LogP contribution in [0.25, 0.3) is 10.2 Å². The van der Waals surface area contributed by atoms with E-state index in [9.17, 15) is 4.79 Å². The Labute approximate surface area is 160 Å². The van der Waals surface area contributed by atoms with Crippen molar-refractivity contribution in [2.45, 2.75) is 25.0 Å². The summed E-state index contributed by atoms with van der Waals surface area (Å²) in [5.74, 6) is 1.41. The van der Waals surface area contributed by atoms with Gasteiger partial charge in [0.05, 0.1) is 16.3 Å². The third kappa shape index (κ3) is 3.53. The Morgan fingerprint density at radius 2 is 2.26 bits per heavy atom. The van der Waals surface area contributed by atoms with Crippen LogP contribution in [0.3, 0.4) is 0 Å². The molecule has 2 heterocycles. The lowest BCUT2D eigenvalue weighted by atomic mass is 9.81. The molecule has 1 aromatic carbocycles. The number of likely N-dealkylation sites (tertiary alicyclic amines) is 1. The summed E-state index contributed by atoms with van der Waals surface area (Å²) >= 11 is 1.59. The van der Waals surface area contributed by atoms with E-state index in [0.717, 1.165) is 28.8 Å². The molecule has 9 heteroatoms. The van der Waals surface area contributed by atoms with Crippen molar-refractivity contribution in [3.05, 3.63) is 23.7 Å². The number of nitrogens with one attached hydrogen (secondary N) is 2. The maximum atomic E-state index is 12.4. The number of aliphatic imine (C=N–C) groups is 1. The average molecular weight is 384 g/mol. The predicted octanol–water partition coefficient (Wildman–Crippen LogP) is 1.31. The second kappa shape index (κ2) is 7.40. The van der Waals surface area contributed by atoms with Crippen LogP contribution in [0.5, 0.6) is 5.75 Å². The molecule has 1 aliphatic carbocycles. The molecule has 2 fully saturated rings. The third-order valence-corrected chi connectivity index (χ3v) is 5.78. The maximum absolute atomic E-state index is 12.4. The molecule has 1 amide bonds. The van der Waals surface area contributed by atoms with Gasteiger partial charge < -0.3 is 20.3 Å². The number of para-hydroxylation sites is 1. The number of hydrogen-bond donors (Lipinski definition) is 2. The number of thiazole rings is 1. The molecule has 2 aliphatic rings. The average Bonchev–Trinajstić information content (AvgIpc) is 3.08. The van der Waals surface area contributed by atoms with Crippen LogP contribution in [-0.2, 0) is 4.79 Å². The van der Waals surface area contributed by atoms with Crippen molar-refractivity contribution >= 4 is 33.4 Å². The van der Waals surface area contributed by atoms with Gasteiger partial charge in [-0.3, -0.25) is 4.79 Å². The summed E-state index contributed by atoms with van der Waals surface area (Å²) in [4.78, 5) is 22.4. The molecule has 27 heavy (non-hydrogen) atoms. The van der Waals surface area contributed by atoms with Crippen molar-refractivity contribution < 1.29 is 9.53 Å². The van der Waals surface area contributed by atoms with Gasteiger partial charge in [-0.15, -0.1) is 16.3 Å². The van der Waals surface area contributed by atoms with Crippen LogP contribution in [0.2, 0.25) is 0 Å². The molecule has 1 saturated carbocycles. The summed E-state index contributed by atoms with van der Waals surface area (Å²) in [7, 11) is 1.72. The maximum Gasteiger partial charge on any atom is 0.223 e. The molecule has 140 valence electrons. The van der Waals surface area contributed by atoms with E-state index in [0.29, 0.717) is 19.0 Å². The van der Waals surface area contributed by atoms with Crippen molar-refractivity contribution in [1.29, 1.82) is 5.26 Å². The molecular formula is C18H20N6O2S. The number of fused-ring (bicyclic) bond motifs is 1. The second-order valence-corrected chi connectivity index (χ2v) is 7.65. The fraction of sp³-hybridized carbons (Fsp3) is 0.444. The fourth-order valence-corrected chi connectivity index (χ4v) is 4.10. The van der Waals surface area contributed by atoms with E-state index in [-0.39, 0.29) is 24.0 Å². The lowest BCUT2D eigenvalue weighted by molar-refractivity contribution is -0.132. The van der Waals surface area contributed by atoms with E-state index in [1.807, 2.05) is 28.6 Å². The number of carbonyl (C=O) groups excluding carboxylic acids is 1. The van der Waals surface area contributed by atoms with Gasteiger partial charge in [0, 0.05) is 26.1 Å². The number of nitrogens with zero attached hydrogens (tertiary/aromatic N) is 4. The third-order valence-electron chi connectivity index (χ3n) is 4.99. The van der Waals surface area contributed by atoms with E-state index >= 15 is 0 Å². The Bertz CT molecular complexity index is 908. The van der Waals surface area contributed by atoms with E-state index in [1.165, 1.54) is 0 Å². The van der Waals surface area contributed by atoms with Gasteiger partial charge in [-0.25, -0.2) is 4.98 Å². The molecular weight excluding hydrogens is 364 g/mol. The van der Waals surface area contributed by atoms with Crippen molar-refractivity contribution in [2.75, 3.05) is 20.1 Å². The van der Waals surface area contributed by atoms with Gasteiger partial charge in [0.15, 0.2) is 0 Å². The molecule has 0 atom stereocenters. The predicted molar refractivity (Wildman–Crippen MR) is 102 cm³/mol. The molecule has 0 radical (unpaired) electrons. The number of amides is 1. The SMILES string of the molecule is CN/C(=N\C#N)N1CC(NC(=O)[C@H]2C[C@H](Oc3cccc4scnc34)C2)C1. The lowest BCUT2D eigenvalue weighted by Crippen LogP contribution is -2.64.